The smallest absolute Gasteiger partial charge is 0.0378 e. The summed E-state index contributed by atoms with van der Waals surface area (Å²) >= 11 is 1.95. The number of benzene rings is 2. The molecule has 0 saturated carbocycles. The number of hydrogen-bond acceptors (Lipinski definition) is 1. The van der Waals surface area contributed by atoms with Crippen LogP contribution in [0, 0.1) is 0 Å². The molecule has 0 saturated heterocycles. The summed E-state index contributed by atoms with van der Waals surface area (Å²) in [6, 6.07) is 13.2. The van der Waals surface area contributed by atoms with E-state index in [9.17, 15) is 0 Å². The standard InChI is InChI=1S/C17H16S/c1-3-7-16-14(4-2)15-10-12-8-5-6-9-13(12)11-17(15)18-16/h3-11,14,16H,2H2,1H3/b7-3-. The molecule has 2 atom stereocenters. The molecule has 0 N–H and O–H groups in total. The summed E-state index contributed by atoms with van der Waals surface area (Å²) in [6.45, 7) is 6.09. The highest BCUT2D eigenvalue weighted by Crippen LogP contribution is 2.47. The molecule has 1 aliphatic rings. The third-order valence-corrected chi connectivity index (χ3v) is 4.82. The number of thioether (sulfide) groups is 1. The molecule has 18 heavy (non-hydrogen) atoms. The van der Waals surface area contributed by atoms with E-state index in [0.29, 0.717) is 11.2 Å². The van der Waals surface area contributed by atoms with Crippen LogP contribution >= 0.6 is 11.8 Å². The Morgan fingerprint density at radius 1 is 1.17 bits per heavy atom. The zero-order valence-electron chi connectivity index (χ0n) is 10.5. The van der Waals surface area contributed by atoms with Gasteiger partial charge in [0.1, 0.15) is 0 Å². The SMILES string of the molecule is C=CC1c2cc3ccccc3cc2SC1/C=C\C. The second-order valence-electron chi connectivity index (χ2n) is 4.61. The summed E-state index contributed by atoms with van der Waals surface area (Å²) in [5, 5.41) is 3.15. The van der Waals surface area contributed by atoms with Crippen LogP contribution in [0.1, 0.15) is 18.4 Å². The van der Waals surface area contributed by atoms with Gasteiger partial charge in [0.2, 0.25) is 0 Å². The highest BCUT2D eigenvalue weighted by molar-refractivity contribution is 8.00. The Kier molecular flexibility index (Phi) is 3.00. The van der Waals surface area contributed by atoms with Crippen molar-refractivity contribution in [1.82, 2.24) is 0 Å². The zero-order valence-corrected chi connectivity index (χ0v) is 11.3. The maximum atomic E-state index is 4.01. The van der Waals surface area contributed by atoms with E-state index in [1.165, 1.54) is 21.2 Å². The van der Waals surface area contributed by atoms with Gasteiger partial charge in [-0.25, -0.2) is 0 Å². The average molecular weight is 252 g/mol. The lowest BCUT2D eigenvalue weighted by molar-refractivity contribution is 0.894. The van der Waals surface area contributed by atoms with Gasteiger partial charge < -0.3 is 0 Å². The fourth-order valence-electron chi connectivity index (χ4n) is 2.61. The van der Waals surface area contributed by atoms with Crippen LogP contribution in [-0.2, 0) is 0 Å². The van der Waals surface area contributed by atoms with Gasteiger partial charge in [0.25, 0.3) is 0 Å². The van der Waals surface area contributed by atoms with E-state index in [2.05, 4.69) is 68.1 Å². The third kappa shape index (κ3) is 1.79. The first-order chi connectivity index (χ1) is 8.83. The average Bonchev–Trinajstić information content (AvgIpc) is 2.72. The largest absolute Gasteiger partial charge is 0.117 e. The molecule has 0 spiro atoms. The van der Waals surface area contributed by atoms with Gasteiger partial charge in [-0.2, -0.15) is 0 Å². The summed E-state index contributed by atoms with van der Waals surface area (Å²) in [6.07, 6.45) is 6.50. The molecule has 0 radical (unpaired) electrons. The summed E-state index contributed by atoms with van der Waals surface area (Å²) in [4.78, 5) is 1.40. The van der Waals surface area contributed by atoms with Crippen molar-refractivity contribution in [3.8, 4) is 0 Å². The van der Waals surface area contributed by atoms with Gasteiger partial charge in [0, 0.05) is 16.1 Å². The van der Waals surface area contributed by atoms with Crippen LogP contribution in [0.3, 0.4) is 0 Å². The number of rotatable bonds is 2. The van der Waals surface area contributed by atoms with Crippen molar-refractivity contribution in [2.75, 3.05) is 0 Å². The van der Waals surface area contributed by atoms with Gasteiger partial charge in [-0.05, 0) is 35.4 Å². The molecular weight excluding hydrogens is 236 g/mol. The molecular formula is C17H16S. The third-order valence-electron chi connectivity index (χ3n) is 3.49. The minimum atomic E-state index is 0.436. The van der Waals surface area contributed by atoms with Crippen LogP contribution in [-0.4, -0.2) is 5.25 Å². The van der Waals surface area contributed by atoms with Crippen LogP contribution in [0.2, 0.25) is 0 Å². The van der Waals surface area contributed by atoms with E-state index in [-0.39, 0.29) is 0 Å². The molecule has 1 heterocycles. The lowest BCUT2D eigenvalue weighted by Gasteiger charge is -2.11. The molecule has 1 heteroatoms. The second-order valence-corrected chi connectivity index (χ2v) is 5.83. The Hall–Kier alpha value is -1.47. The molecule has 0 aromatic heterocycles. The Bertz CT molecular complexity index is 625. The van der Waals surface area contributed by atoms with Crippen molar-refractivity contribution in [2.45, 2.75) is 23.0 Å². The first-order valence-corrected chi connectivity index (χ1v) is 7.16. The maximum Gasteiger partial charge on any atom is 0.0378 e. The highest BCUT2D eigenvalue weighted by Gasteiger charge is 2.29. The van der Waals surface area contributed by atoms with Crippen molar-refractivity contribution in [3.63, 3.8) is 0 Å². The van der Waals surface area contributed by atoms with Crippen molar-refractivity contribution in [1.29, 1.82) is 0 Å². The first kappa shape index (κ1) is 11.6. The number of allylic oxidation sites excluding steroid dienone is 2. The van der Waals surface area contributed by atoms with Gasteiger partial charge >= 0.3 is 0 Å². The molecule has 0 fully saturated rings. The molecule has 3 rings (SSSR count). The van der Waals surface area contributed by atoms with Gasteiger partial charge in [-0.15, -0.1) is 18.3 Å². The van der Waals surface area contributed by atoms with Crippen LogP contribution in [0.4, 0.5) is 0 Å². The summed E-state index contributed by atoms with van der Waals surface area (Å²) in [5.74, 6) is 0.436. The van der Waals surface area contributed by atoms with Crippen LogP contribution in [0.25, 0.3) is 10.8 Å². The maximum absolute atomic E-state index is 4.01. The predicted molar refractivity (Wildman–Crippen MR) is 81.3 cm³/mol. The Balaban J connectivity index is 2.16. The van der Waals surface area contributed by atoms with Gasteiger partial charge in [-0.1, -0.05) is 42.5 Å². The lowest BCUT2D eigenvalue weighted by atomic mass is 9.93. The van der Waals surface area contributed by atoms with E-state index in [0.717, 1.165) is 0 Å². The molecule has 2 aromatic carbocycles. The lowest BCUT2D eigenvalue weighted by Crippen LogP contribution is -2.03. The molecule has 0 amide bonds. The molecule has 1 aliphatic heterocycles. The Morgan fingerprint density at radius 3 is 2.56 bits per heavy atom. The monoisotopic (exact) mass is 252 g/mol. The van der Waals surface area contributed by atoms with Crippen LogP contribution in [0.5, 0.6) is 0 Å². The molecule has 0 aliphatic carbocycles. The quantitative estimate of drug-likeness (QED) is 0.665. The van der Waals surface area contributed by atoms with E-state index in [1.807, 2.05) is 11.8 Å². The summed E-state index contributed by atoms with van der Waals surface area (Å²) < 4.78 is 0. The van der Waals surface area contributed by atoms with Gasteiger partial charge in [0.05, 0.1) is 0 Å². The minimum absolute atomic E-state index is 0.436. The highest BCUT2D eigenvalue weighted by atomic mass is 32.2. The van der Waals surface area contributed by atoms with Crippen molar-refractivity contribution < 1.29 is 0 Å². The van der Waals surface area contributed by atoms with E-state index in [1.54, 1.807) is 0 Å². The van der Waals surface area contributed by atoms with E-state index >= 15 is 0 Å². The Labute approximate surface area is 112 Å². The molecule has 0 bridgehead atoms. The Morgan fingerprint density at radius 2 is 1.89 bits per heavy atom. The van der Waals surface area contributed by atoms with Crippen LogP contribution < -0.4 is 0 Å². The molecule has 2 unspecified atom stereocenters. The topological polar surface area (TPSA) is 0 Å². The number of fused-ring (bicyclic) bond motifs is 2. The minimum Gasteiger partial charge on any atom is -0.117 e. The first-order valence-electron chi connectivity index (χ1n) is 6.28. The van der Waals surface area contributed by atoms with Crippen molar-refractivity contribution in [2.24, 2.45) is 0 Å². The summed E-state index contributed by atoms with van der Waals surface area (Å²) in [5.41, 5.74) is 1.43. The van der Waals surface area contributed by atoms with Gasteiger partial charge in [0.15, 0.2) is 0 Å². The summed E-state index contributed by atoms with van der Waals surface area (Å²) in [7, 11) is 0. The van der Waals surface area contributed by atoms with Crippen LogP contribution in [0.15, 0.2) is 66.1 Å². The normalized spacial score (nSPS) is 22.5. The van der Waals surface area contributed by atoms with E-state index in [4.69, 9.17) is 0 Å². The predicted octanol–water partition coefficient (Wildman–Crippen LogP) is 5.16. The fraction of sp³-hybridized carbons (Fsp3) is 0.176. The van der Waals surface area contributed by atoms with Crippen molar-refractivity contribution in [3.05, 3.63) is 66.8 Å². The van der Waals surface area contributed by atoms with Crippen molar-refractivity contribution >= 4 is 22.5 Å². The molecule has 2 aromatic rings. The molecule has 90 valence electrons. The van der Waals surface area contributed by atoms with Gasteiger partial charge in [-0.3, -0.25) is 0 Å². The van der Waals surface area contributed by atoms with E-state index < -0.39 is 0 Å². The fourth-order valence-corrected chi connectivity index (χ4v) is 4.07. The zero-order chi connectivity index (χ0) is 12.5. The molecule has 0 nitrogen and oxygen atoms in total. The number of hydrogen-bond donors (Lipinski definition) is 0. The second kappa shape index (κ2) is 4.66.